The largest absolute Gasteiger partial charge is 0.495 e. The van der Waals surface area contributed by atoms with E-state index in [9.17, 15) is 8.42 Å². The summed E-state index contributed by atoms with van der Waals surface area (Å²) in [6.07, 6.45) is 1.71. The predicted molar refractivity (Wildman–Crippen MR) is 85.5 cm³/mol. The minimum atomic E-state index is -3.63. The maximum atomic E-state index is 12.3. The maximum Gasteiger partial charge on any atom is 0.244 e. The van der Waals surface area contributed by atoms with Gasteiger partial charge in [0, 0.05) is 23.7 Å². The molecule has 0 unspecified atom stereocenters. The summed E-state index contributed by atoms with van der Waals surface area (Å²) in [4.78, 5) is 0.0826. The molecule has 0 heterocycles. The minimum absolute atomic E-state index is 0.0826. The fraction of sp³-hybridized carbons (Fsp3) is 0.571. The molecule has 7 heteroatoms. The van der Waals surface area contributed by atoms with E-state index in [1.165, 1.54) is 13.2 Å². The first-order valence-corrected chi connectivity index (χ1v) is 8.89. The number of hydrogen-bond acceptors (Lipinski definition) is 4. The summed E-state index contributed by atoms with van der Waals surface area (Å²) >= 11 is 6.06. The number of benzene rings is 1. The lowest BCUT2D eigenvalue weighted by Crippen LogP contribution is -2.25. The van der Waals surface area contributed by atoms with Gasteiger partial charge in [-0.15, -0.1) is 0 Å². The fourth-order valence-corrected chi connectivity index (χ4v) is 3.57. The molecule has 0 saturated carbocycles. The van der Waals surface area contributed by atoms with Crippen LogP contribution in [0, 0.1) is 0 Å². The van der Waals surface area contributed by atoms with E-state index in [1.54, 1.807) is 6.07 Å². The van der Waals surface area contributed by atoms with Gasteiger partial charge < -0.3 is 10.1 Å². The summed E-state index contributed by atoms with van der Waals surface area (Å²) in [6, 6.07) is 3.14. The average Bonchev–Trinajstić information content (AvgIpc) is 2.45. The first-order chi connectivity index (χ1) is 9.96. The molecule has 0 atom stereocenters. The molecule has 1 rings (SSSR count). The second-order valence-electron chi connectivity index (χ2n) is 4.67. The van der Waals surface area contributed by atoms with Crippen LogP contribution in [0.1, 0.15) is 32.3 Å². The number of nitrogens with one attached hydrogen (secondary N) is 2. The number of rotatable bonds is 9. The molecule has 0 saturated heterocycles. The molecule has 0 aliphatic heterocycles. The molecule has 0 amide bonds. The highest BCUT2D eigenvalue weighted by Gasteiger charge is 2.22. The lowest BCUT2D eigenvalue weighted by molar-refractivity contribution is 0.395. The van der Waals surface area contributed by atoms with Crippen molar-refractivity contribution in [2.75, 3.05) is 20.2 Å². The van der Waals surface area contributed by atoms with Crippen LogP contribution in [-0.4, -0.2) is 28.6 Å². The molecule has 0 fully saturated rings. The molecule has 21 heavy (non-hydrogen) atoms. The van der Waals surface area contributed by atoms with E-state index in [1.807, 2.05) is 6.92 Å². The van der Waals surface area contributed by atoms with E-state index < -0.39 is 10.0 Å². The van der Waals surface area contributed by atoms with Gasteiger partial charge in [0.25, 0.3) is 0 Å². The lowest BCUT2D eigenvalue weighted by atomic mass is 10.2. The number of sulfonamides is 1. The van der Waals surface area contributed by atoms with Crippen molar-refractivity contribution < 1.29 is 13.2 Å². The molecule has 0 spiro atoms. The zero-order valence-corrected chi connectivity index (χ0v) is 14.3. The molecule has 0 radical (unpaired) electrons. The van der Waals surface area contributed by atoms with Crippen molar-refractivity contribution in [2.24, 2.45) is 0 Å². The zero-order valence-electron chi connectivity index (χ0n) is 12.7. The molecular formula is C14H23ClN2O3S. The van der Waals surface area contributed by atoms with Gasteiger partial charge in [0.05, 0.1) is 7.11 Å². The van der Waals surface area contributed by atoms with Gasteiger partial charge in [-0.2, -0.15) is 0 Å². The first-order valence-electron chi connectivity index (χ1n) is 7.03. The van der Waals surface area contributed by atoms with Crippen molar-refractivity contribution in [2.45, 2.75) is 38.1 Å². The van der Waals surface area contributed by atoms with E-state index in [-0.39, 0.29) is 4.90 Å². The lowest BCUT2D eigenvalue weighted by Gasteiger charge is -2.15. The first kappa shape index (κ1) is 18.2. The Labute approximate surface area is 132 Å². The Kier molecular flexibility index (Phi) is 7.45. The Morgan fingerprint density at radius 2 is 1.86 bits per heavy atom. The molecule has 0 aliphatic rings. The van der Waals surface area contributed by atoms with Crippen LogP contribution in [0.2, 0.25) is 5.02 Å². The van der Waals surface area contributed by atoms with Crippen molar-refractivity contribution in [3.8, 4) is 5.75 Å². The van der Waals surface area contributed by atoms with E-state index in [0.717, 1.165) is 18.5 Å². The highest BCUT2D eigenvalue weighted by atomic mass is 35.5. The molecule has 1 aromatic rings. The molecule has 0 aliphatic carbocycles. The van der Waals surface area contributed by atoms with Crippen LogP contribution >= 0.6 is 11.6 Å². The van der Waals surface area contributed by atoms with Gasteiger partial charge in [-0.25, -0.2) is 13.1 Å². The molecule has 0 aromatic heterocycles. The minimum Gasteiger partial charge on any atom is -0.495 e. The Morgan fingerprint density at radius 3 is 2.43 bits per heavy atom. The summed E-state index contributed by atoms with van der Waals surface area (Å²) in [6.45, 7) is 5.69. The Bertz CT molecular complexity index is 562. The zero-order chi connectivity index (χ0) is 15.9. The van der Waals surface area contributed by atoms with Gasteiger partial charge >= 0.3 is 0 Å². The van der Waals surface area contributed by atoms with Crippen molar-refractivity contribution in [1.82, 2.24) is 10.0 Å². The smallest absolute Gasteiger partial charge is 0.244 e. The summed E-state index contributed by atoms with van der Waals surface area (Å²) in [5.41, 5.74) is 0.732. The van der Waals surface area contributed by atoms with Crippen molar-refractivity contribution in [3.05, 3.63) is 22.7 Å². The Balaban J connectivity index is 3.19. The van der Waals surface area contributed by atoms with Crippen LogP contribution < -0.4 is 14.8 Å². The summed E-state index contributed by atoms with van der Waals surface area (Å²) in [5, 5.41) is 3.60. The molecule has 2 N–H and O–H groups in total. The normalized spacial score (nSPS) is 11.6. The fourth-order valence-electron chi connectivity index (χ4n) is 1.90. The summed E-state index contributed by atoms with van der Waals surface area (Å²) in [7, 11) is -2.16. The molecular weight excluding hydrogens is 312 g/mol. The average molecular weight is 335 g/mol. The SMILES string of the molecule is CCCNCc1cc(Cl)cc(S(=O)(=O)NCCC)c1OC. The summed E-state index contributed by atoms with van der Waals surface area (Å²) < 4.78 is 32.5. The third-order valence-corrected chi connectivity index (χ3v) is 4.56. The standard InChI is InChI=1S/C14H23ClN2O3S/c1-4-6-16-10-11-8-12(15)9-13(14(11)20-3)21(18,19)17-7-5-2/h8-9,16-17H,4-7,10H2,1-3H3. The van der Waals surface area contributed by atoms with Crippen LogP contribution in [0.4, 0.5) is 0 Å². The van der Waals surface area contributed by atoms with E-state index >= 15 is 0 Å². The van der Waals surface area contributed by atoms with Crippen LogP contribution in [0.15, 0.2) is 17.0 Å². The van der Waals surface area contributed by atoms with Gasteiger partial charge in [0.1, 0.15) is 10.6 Å². The molecule has 5 nitrogen and oxygen atoms in total. The quantitative estimate of drug-likeness (QED) is 0.681. The molecule has 0 bridgehead atoms. The van der Waals surface area contributed by atoms with Gasteiger partial charge in [0.15, 0.2) is 0 Å². The maximum absolute atomic E-state index is 12.3. The van der Waals surface area contributed by atoms with Crippen LogP contribution in [0.25, 0.3) is 0 Å². The molecule has 1 aromatic carbocycles. The van der Waals surface area contributed by atoms with Crippen molar-refractivity contribution in [3.63, 3.8) is 0 Å². The summed E-state index contributed by atoms with van der Waals surface area (Å²) in [5.74, 6) is 0.339. The van der Waals surface area contributed by atoms with Gasteiger partial charge in [-0.1, -0.05) is 25.4 Å². The third kappa shape index (κ3) is 5.14. The van der Waals surface area contributed by atoms with Gasteiger partial charge in [-0.3, -0.25) is 0 Å². The van der Waals surface area contributed by atoms with Crippen LogP contribution in [0.5, 0.6) is 5.75 Å². The van der Waals surface area contributed by atoms with E-state index in [4.69, 9.17) is 16.3 Å². The second-order valence-corrected chi connectivity index (χ2v) is 6.84. The van der Waals surface area contributed by atoms with Crippen molar-refractivity contribution >= 4 is 21.6 Å². The second kappa shape index (κ2) is 8.58. The van der Waals surface area contributed by atoms with Gasteiger partial charge in [0.2, 0.25) is 10.0 Å². The Hall–Kier alpha value is -0.820. The van der Waals surface area contributed by atoms with Crippen LogP contribution in [0.3, 0.4) is 0 Å². The third-order valence-electron chi connectivity index (χ3n) is 2.87. The monoisotopic (exact) mass is 334 g/mol. The molecule has 120 valence electrons. The van der Waals surface area contributed by atoms with Crippen molar-refractivity contribution in [1.29, 1.82) is 0 Å². The van der Waals surface area contributed by atoms with E-state index in [2.05, 4.69) is 17.0 Å². The van der Waals surface area contributed by atoms with Gasteiger partial charge in [-0.05, 0) is 31.5 Å². The highest BCUT2D eigenvalue weighted by Crippen LogP contribution is 2.31. The highest BCUT2D eigenvalue weighted by molar-refractivity contribution is 7.89. The number of methoxy groups -OCH3 is 1. The topological polar surface area (TPSA) is 67.4 Å². The Morgan fingerprint density at radius 1 is 1.19 bits per heavy atom. The number of hydrogen-bond donors (Lipinski definition) is 2. The number of ether oxygens (including phenoxy) is 1. The van der Waals surface area contributed by atoms with E-state index in [0.29, 0.717) is 30.3 Å². The number of halogens is 1. The van der Waals surface area contributed by atoms with Crippen LogP contribution in [-0.2, 0) is 16.6 Å². The predicted octanol–water partition coefficient (Wildman–Crippen LogP) is 2.54.